The van der Waals surface area contributed by atoms with Crippen molar-refractivity contribution in [1.29, 1.82) is 0 Å². The maximum Gasteiger partial charge on any atom is 0.416 e. The fourth-order valence-corrected chi connectivity index (χ4v) is 1.91. The molecule has 116 valence electrons. The van der Waals surface area contributed by atoms with Crippen LogP contribution in [0.15, 0.2) is 18.2 Å². The summed E-state index contributed by atoms with van der Waals surface area (Å²) in [6.07, 6.45) is -11.8. The van der Waals surface area contributed by atoms with Gasteiger partial charge in [-0.2, -0.15) is 26.3 Å². The summed E-state index contributed by atoms with van der Waals surface area (Å²) >= 11 is 0. The molecule has 0 aliphatic carbocycles. The van der Waals surface area contributed by atoms with E-state index >= 15 is 0 Å². The second kappa shape index (κ2) is 4.81. The predicted octanol–water partition coefficient (Wildman–Crippen LogP) is 3.85. The number of benzene rings is 1. The molecule has 1 aromatic rings. The number of rotatable bonds is 1. The minimum absolute atomic E-state index is 0.0317. The van der Waals surface area contributed by atoms with Crippen molar-refractivity contribution in [3.63, 3.8) is 0 Å². The average Bonchev–Trinajstić information content (AvgIpc) is 2.67. The molecule has 21 heavy (non-hydrogen) atoms. The molecule has 0 radical (unpaired) electrons. The lowest BCUT2D eigenvalue weighted by Gasteiger charge is -2.16. The van der Waals surface area contributed by atoms with E-state index < -0.39 is 35.7 Å². The summed E-state index contributed by atoms with van der Waals surface area (Å²) in [5, 5.41) is 0. The van der Waals surface area contributed by atoms with Crippen molar-refractivity contribution >= 4 is 6.09 Å². The van der Waals surface area contributed by atoms with Crippen LogP contribution in [0.1, 0.15) is 22.8 Å². The van der Waals surface area contributed by atoms with Gasteiger partial charge in [0, 0.05) is 7.05 Å². The molecule has 2 rings (SSSR count). The number of ether oxygens (including phenoxy) is 1. The Balaban J connectivity index is 2.48. The zero-order valence-corrected chi connectivity index (χ0v) is 10.5. The Labute approximate surface area is 115 Å². The molecule has 0 unspecified atom stereocenters. The van der Waals surface area contributed by atoms with Gasteiger partial charge in [-0.25, -0.2) is 4.79 Å². The van der Waals surface area contributed by atoms with Gasteiger partial charge in [-0.05, 0) is 23.8 Å². The number of hydrogen-bond donors (Lipinski definition) is 0. The Hall–Kier alpha value is -1.93. The molecule has 1 saturated heterocycles. The third-order valence-corrected chi connectivity index (χ3v) is 2.98. The lowest BCUT2D eigenvalue weighted by atomic mass is 10.0. The number of amides is 1. The number of carbonyl (C=O) groups is 1. The minimum Gasteiger partial charge on any atom is -0.439 e. The molecule has 3 nitrogen and oxygen atoms in total. The van der Waals surface area contributed by atoms with E-state index in [1.54, 1.807) is 0 Å². The Morgan fingerprint density at radius 1 is 1.05 bits per heavy atom. The maximum atomic E-state index is 12.7. The molecule has 0 saturated carbocycles. The van der Waals surface area contributed by atoms with Crippen molar-refractivity contribution in [3.05, 3.63) is 34.9 Å². The Kier molecular flexibility index (Phi) is 3.54. The Morgan fingerprint density at radius 3 is 1.86 bits per heavy atom. The highest BCUT2D eigenvalue weighted by Gasteiger charge is 2.39. The molecule has 1 aliphatic rings. The smallest absolute Gasteiger partial charge is 0.416 e. The van der Waals surface area contributed by atoms with Gasteiger partial charge in [0.2, 0.25) is 0 Å². The largest absolute Gasteiger partial charge is 0.439 e. The van der Waals surface area contributed by atoms with Gasteiger partial charge >= 0.3 is 18.4 Å². The van der Waals surface area contributed by atoms with Crippen molar-refractivity contribution < 1.29 is 35.9 Å². The Morgan fingerprint density at radius 2 is 1.52 bits per heavy atom. The van der Waals surface area contributed by atoms with Crippen molar-refractivity contribution in [1.82, 2.24) is 4.90 Å². The number of nitrogens with zero attached hydrogens (tertiary/aromatic N) is 1. The summed E-state index contributed by atoms with van der Waals surface area (Å²) in [4.78, 5) is 12.2. The summed E-state index contributed by atoms with van der Waals surface area (Å²) in [5.74, 6) is 0. The number of cyclic esters (lactones) is 1. The summed E-state index contributed by atoms with van der Waals surface area (Å²) in [7, 11) is 1.33. The van der Waals surface area contributed by atoms with Crippen LogP contribution in [0, 0.1) is 0 Å². The van der Waals surface area contributed by atoms with E-state index in [0.717, 1.165) is 4.90 Å². The number of likely N-dealkylation sites (N-methyl/N-ethyl adjacent to an activating group) is 1. The first-order chi connectivity index (χ1) is 9.48. The average molecular weight is 313 g/mol. The van der Waals surface area contributed by atoms with Crippen LogP contribution in [0.25, 0.3) is 0 Å². The highest BCUT2D eigenvalue weighted by molar-refractivity contribution is 5.69. The first-order valence-corrected chi connectivity index (χ1v) is 5.69. The second-order valence-electron chi connectivity index (χ2n) is 4.59. The molecule has 0 spiro atoms. The second-order valence-corrected chi connectivity index (χ2v) is 4.59. The molecule has 1 heterocycles. The SMILES string of the molecule is CN1C[C@@H](c2cc(C(F)(F)F)cc(C(F)(F)F)c2)OC1=O. The highest BCUT2D eigenvalue weighted by atomic mass is 19.4. The summed E-state index contributed by atoms with van der Waals surface area (Å²) in [6, 6.07) is 1.16. The molecular formula is C12H9F6NO2. The van der Waals surface area contributed by atoms with Gasteiger partial charge in [-0.3, -0.25) is 0 Å². The van der Waals surface area contributed by atoms with E-state index in [1.165, 1.54) is 7.05 Å². The van der Waals surface area contributed by atoms with E-state index in [4.69, 9.17) is 4.74 Å². The molecule has 1 fully saturated rings. The van der Waals surface area contributed by atoms with Gasteiger partial charge in [-0.1, -0.05) is 0 Å². The molecule has 1 aromatic carbocycles. The van der Waals surface area contributed by atoms with Crippen molar-refractivity contribution in [3.8, 4) is 0 Å². The topological polar surface area (TPSA) is 29.5 Å². The first-order valence-electron chi connectivity index (χ1n) is 5.69. The summed E-state index contributed by atoms with van der Waals surface area (Å²) < 4.78 is 80.9. The number of alkyl halides is 6. The lowest BCUT2D eigenvalue weighted by Crippen LogP contribution is -2.18. The predicted molar refractivity (Wildman–Crippen MR) is 58.3 cm³/mol. The van der Waals surface area contributed by atoms with Gasteiger partial charge in [0.1, 0.15) is 6.10 Å². The molecule has 0 bridgehead atoms. The van der Waals surface area contributed by atoms with Crippen molar-refractivity contribution in [2.45, 2.75) is 18.5 Å². The van der Waals surface area contributed by atoms with Gasteiger partial charge in [0.15, 0.2) is 0 Å². The zero-order valence-electron chi connectivity index (χ0n) is 10.5. The fourth-order valence-electron chi connectivity index (χ4n) is 1.91. The van der Waals surface area contributed by atoms with E-state index in [-0.39, 0.29) is 18.2 Å². The van der Waals surface area contributed by atoms with Crippen LogP contribution in [0.2, 0.25) is 0 Å². The van der Waals surface area contributed by atoms with Crippen LogP contribution in [0.4, 0.5) is 31.1 Å². The zero-order chi connectivity index (χ0) is 16.0. The van der Waals surface area contributed by atoms with Gasteiger partial charge in [0.05, 0.1) is 17.7 Å². The van der Waals surface area contributed by atoms with Crippen LogP contribution in [-0.2, 0) is 17.1 Å². The lowest BCUT2D eigenvalue weighted by molar-refractivity contribution is -0.143. The molecule has 0 N–H and O–H groups in total. The van der Waals surface area contributed by atoms with Crippen molar-refractivity contribution in [2.75, 3.05) is 13.6 Å². The van der Waals surface area contributed by atoms with E-state index in [2.05, 4.69) is 0 Å². The van der Waals surface area contributed by atoms with Crippen LogP contribution in [0.3, 0.4) is 0 Å². The molecule has 1 amide bonds. The van der Waals surface area contributed by atoms with E-state index in [0.29, 0.717) is 12.1 Å². The number of halogens is 6. The van der Waals surface area contributed by atoms with Crippen LogP contribution >= 0.6 is 0 Å². The summed E-state index contributed by atoms with van der Waals surface area (Å²) in [6.45, 7) is -0.114. The third-order valence-electron chi connectivity index (χ3n) is 2.98. The van der Waals surface area contributed by atoms with Crippen LogP contribution < -0.4 is 0 Å². The van der Waals surface area contributed by atoms with Gasteiger partial charge in [0.25, 0.3) is 0 Å². The quantitative estimate of drug-likeness (QED) is 0.737. The first kappa shape index (κ1) is 15.5. The van der Waals surface area contributed by atoms with Gasteiger partial charge < -0.3 is 9.64 Å². The minimum atomic E-state index is -4.93. The van der Waals surface area contributed by atoms with Crippen LogP contribution in [0.5, 0.6) is 0 Å². The number of hydrogen-bond acceptors (Lipinski definition) is 2. The molecule has 1 atom stereocenters. The van der Waals surface area contributed by atoms with E-state index in [1.807, 2.05) is 0 Å². The fraction of sp³-hybridized carbons (Fsp3) is 0.417. The standard InChI is InChI=1S/C12H9F6NO2/c1-19-5-9(21-10(19)20)6-2-7(11(13,14)15)4-8(3-6)12(16,17)18/h2-4,9H,5H2,1H3/t9-/m0/s1. The molecule has 9 heteroatoms. The highest BCUT2D eigenvalue weighted by Crippen LogP contribution is 2.38. The monoisotopic (exact) mass is 313 g/mol. The van der Waals surface area contributed by atoms with E-state index in [9.17, 15) is 31.1 Å². The van der Waals surface area contributed by atoms with Crippen molar-refractivity contribution in [2.24, 2.45) is 0 Å². The maximum absolute atomic E-state index is 12.7. The number of carbonyl (C=O) groups excluding carboxylic acids is 1. The Bertz CT molecular complexity index is 534. The van der Waals surface area contributed by atoms with Crippen LogP contribution in [-0.4, -0.2) is 24.6 Å². The molecule has 0 aromatic heterocycles. The molecular weight excluding hydrogens is 304 g/mol. The summed E-state index contributed by atoms with van der Waals surface area (Å²) in [5.41, 5.74) is -3.20. The third kappa shape index (κ3) is 3.22. The normalized spacial score (nSPS) is 19.9. The molecule has 1 aliphatic heterocycles. The van der Waals surface area contributed by atoms with Gasteiger partial charge in [-0.15, -0.1) is 0 Å².